The molecule has 0 amide bonds. The number of aryl methyl sites for hydroxylation is 1. The lowest BCUT2D eigenvalue weighted by Gasteiger charge is -2.47. The van der Waals surface area contributed by atoms with Gasteiger partial charge >= 0.3 is 12.6 Å². The number of pyridine rings is 2. The maximum Gasteiger partial charge on any atom is 0.387 e. The highest BCUT2D eigenvalue weighted by molar-refractivity contribution is 5.94. The fourth-order valence-corrected chi connectivity index (χ4v) is 6.23. The summed E-state index contributed by atoms with van der Waals surface area (Å²) in [7, 11) is 0. The van der Waals surface area contributed by atoms with E-state index in [9.17, 15) is 18.7 Å². The van der Waals surface area contributed by atoms with Crippen LogP contribution in [0.5, 0.6) is 5.75 Å². The number of carbonyl (C=O) groups is 1. The lowest BCUT2D eigenvalue weighted by atomic mass is 9.63. The van der Waals surface area contributed by atoms with E-state index in [0.29, 0.717) is 16.8 Å². The number of fused-ring (bicyclic) bond motifs is 1. The molecule has 0 unspecified atom stereocenters. The number of halogens is 2. The Bertz CT molecular complexity index is 1700. The van der Waals surface area contributed by atoms with Crippen molar-refractivity contribution < 1.29 is 27.9 Å². The van der Waals surface area contributed by atoms with Crippen LogP contribution >= 0.6 is 0 Å². The number of allylic oxidation sites excluding steroid dienone is 2. The highest BCUT2D eigenvalue weighted by Crippen LogP contribution is 2.55. The second-order valence-electron chi connectivity index (χ2n) is 11.3. The van der Waals surface area contributed by atoms with Gasteiger partial charge in [-0.3, -0.25) is 4.98 Å². The van der Waals surface area contributed by atoms with Crippen LogP contribution in [0.15, 0.2) is 53.3 Å². The number of nitrogens with zero attached hydrogens (tertiary/aromatic N) is 4. The van der Waals surface area contributed by atoms with Crippen molar-refractivity contribution in [2.75, 3.05) is 18.0 Å². The van der Waals surface area contributed by atoms with Gasteiger partial charge in [0.25, 0.3) is 0 Å². The molecule has 1 aliphatic heterocycles. The molecule has 7 rings (SSSR count). The number of anilines is 1. The molecular formula is C31H28F2N4O4. The van der Waals surface area contributed by atoms with E-state index in [1.165, 1.54) is 5.57 Å². The van der Waals surface area contributed by atoms with Crippen LogP contribution in [0.2, 0.25) is 0 Å². The van der Waals surface area contributed by atoms with Gasteiger partial charge in [-0.1, -0.05) is 11.2 Å². The van der Waals surface area contributed by atoms with Gasteiger partial charge in [0.05, 0.1) is 5.52 Å². The summed E-state index contributed by atoms with van der Waals surface area (Å²) < 4.78 is 36.8. The van der Waals surface area contributed by atoms with Crippen LogP contribution in [0.1, 0.15) is 65.4 Å². The monoisotopic (exact) mass is 558 g/mol. The number of piperidine rings is 1. The molecule has 0 bridgehead atoms. The first-order valence-corrected chi connectivity index (χ1v) is 13.8. The number of aromatic nitrogens is 3. The van der Waals surface area contributed by atoms with Crippen molar-refractivity contribution in [1.29, 1.82) is 0 Å². The molecule has 4 heterocycles. The Morgan fingerprint density at radius 3 is 2.66 bits per heavy atom. The standard InChI is InChI=1S/C31H28F2N4O4/c1-17-6-9-34-16-22(17)27-26(28(41-36-27)18-2-3-18)19-14-31(15-19)7-10-37(11-8-31)20-4-5-23-21(12-20)25(40-30(32)33)13-24(35-23)29(38)39/h4-6,9,12-14,16,18,30H,2-3,7-8,10-11,15H2,1H3,(H,38,39). The molecule has 4 aromatic rings. The molecule has 1 aromatic carbocycles. The van der Waals surface area contributed by atoms with Gasteiger partial charge in [-0.25, -0.2) is 9.78 Å². The predicted molar refractivity (Wildman–Crippen MR) is 148 cm³/mol. The number of hydrogen-bond donors (Lipinski definition) is 1. The number of hydrogen-bond acceptors (Lipinski definition) is 7. The Balaban J connectivity index is 1.13. The molecule has 2 aliphatic carbocycles. The molecule has 41 heavy (non-hydrogen) atoms. The van der Waals surface area contributed by atoms with Crippen LogP contribution in [0.4, 0.5) is 14.5 Å². The summed E-state index contributed by atoms with van der Waals surface area (Å²) in [5.41, 5.74) is 6.36. The molecule has 1 saturated carbocycles. The third-order valence-corrected chi connectivity index (χ3v) is 8.62. The largest absolute Gasteiger partial charge is 0.477 e. The average Bonchev–Trinajstić information content (AvgIpc) is 3.70. The molecule has 1 saturated heterocycles. The molecule has 3 aromatic heterocycles. The molecule has 0 radical (unpaired) electrons. The van der Waals surface area contributed by atoms with Gasteiger partial charge in [0.15, 0.2) is 5.69 Å². The summed E-state index contributed by atoms with van der Waals surface area (Å²) in [5, 5.41) is 14.2. The van der Waals surface area contributed by atoms with Gasteiger partial charge in [-0.2, -0.15) is 8.78 Å². The van der Waals surface area contributed by atoms with E-state index in [1.54, 1.807) is 18.3 Å². The summed E-state index contributed by atoms with van der Waals surface area (Å²) in [5.74, 6) is -0.0542. The Kier molecular flexibility index (Phi) is 6.02. The SMILES string of the molecule is Cc1ccncc1-c1noc(C2CC2)c1C1=CC2(CCN(c3ccc4nc(C(=O)O)cc(OC(F)F)c4c3)CC2)C1. The van der Waals surface area contributed by atoms with Crippen LogP contribution in [0.25, 0.3) is 27.7 Å². The molecular weight excluding hydrogens is 530 g/mol. The average molecular weight is 559 g/mol. The van der Waals surface area contributed by atoms with Crippen LogP contribution in [-0.4, -0.2) is 45.9 Å². The second-order valence-corrected chi connectivity index (χ2v) is 11.3. The number of carboxylic acid groups (broad SMARTS) is 1. The number of rotatable bonds is 7. The zero-order chi connectivity index (χ0) is 28.3. The minimum Gasteiger partial charge on any atom is -0.477 e. The van der Waals surface area contributed by atoms with Crippen LogP contribution in [-0.2, 0) is 0 Å². The number of carboxylic acids is 1. The van der Waals surface area contributed by atoms with Crippen LogP contribution in [0.3, 0.4) is 0 Å². The summed E-state index contributed by atoms with van der Waals surface area (Å²) in [4.78, 5) is 22.1. The van der Waals surface area contributed by atoms with Crippen molar-refractivity contribution in [3.63, 3.8) is 0 Å². The molecule has 1 spiro atoms. The maximum absolute atomic E-state index is 13.1. The summed E-state index contributed by atoms with van der Waals surface area (Å²) in [6.45, 7) is 0.590. The van der Waals surface area contributed by atoms with Gasteiger partial charge in [0, 0.05) is 59.7 Å². The van der Waals surface area contributed by atoms with Crippen LogP contribution < -0.4 is 9.64 Å². The third-order valence-electron chi connectivity index (χ3n) is 8.62. The van der Waals surface area contributed by atoms with E-state index in [-0.39, 0.29) is 16.9 Å². The molecule has 210 valence electrons. The summed E-state index contributed by atoms with van der Waals surface area (Å²) in [6.07, 6.45) is 11.2. The number of alkyl halides is 2. The molecule has 1 N–H and O–H groups in total. The van der Waals surface area contributed by atoms with E-state index >= 15 is 0 Å². The lowest BCUT2D eigenvalue weighted by molar-refractivity contribution is -0.0489. The van der Waals surface area contributed by atoms with E-state index in [1.807, 2.05) is 18.3 Å². The van der Waals surface area contributed by atoms with E-state index in [4.69, 9.17) is 4.52 Å². The van der Waals surface area contributed by atoms with Crippen molar-refractivity contribution in [3.05, 3.63) is 71.4 Å². The highest BCUT2D eigenvalue weighted by Gasteiger charge is 2.44. The van der Waals surface area contributed by atoms with Gasteiger partial charge < -0.3 is 19.3 Å². The van der Waals surface area contributed by atoms with Gasteiger partial charge in [-0.15, -0.1) is 0 Å². The zero-order valence-electron chi connectivity index (χ0n) is 22.4. The van der Waals surface area contributed by atoms with Crippen LogP contribution in [0, 0.1) is 12.3 Å². The normalized spacial score (nSPS) is 18.0. The molecule has 3 aliphatic rings. The molecule has 8 nitrogen and oxygen atoms in total. The fraction of sp³-hybridized carbons (Fsp3) is 0.355. The summed E-state index contributed by atoms with van der Waals surface area (Å²) in [6, 6.07) is 8.32. The Morgan fingerprint density at radius 2 is 1.98 bits per heavy atom. The van der Waals surface area contributed by atoms with Crippen molar-refractivity contribution in [1.82, 2.24) is 15.1 Å². The van der Waals surface area contributed by atoms with Crippen molar-refractivity contribution >= 4 is 28.1 Å². The van der Waals surface area contributed by atoms with Gasteiger partial charge in [0.1, 0.15) is 17.2 Å². The quantitative estimate of drug-likeness (QED) is 0.263. The first kappa shape index (κ1) is 25.6. The third kappa shape index (κ3) is 4.61. The topological polar surface area (TPSA) is 102 Å². The minimum atomic E-state index is -3.08. The fourth-order valence-electron chi connectivity index (χ4n) is 6.23. The van der Waals surface area contributed by atoms with Crippen molar-refractivity contribution in [2.45, 2.75) is 51.6 Å². The Hall–Kier alpha value is -4.34. The zero-order valence-corrected chi connectivity index (χ0v) is 22.4. The first-order chi connectivity index (χ1) is 19.8. The highest BCUT2D eigenvalue weighted by atomic mass is 19.3. The van der Waals surface area contributed by atoms with E-state index < -0.39 is 12.6 Å². The van der Waals surface area contributed by atoms with E-state index in [2.05, 4.69) is 37.8 Å². The van der Waals surface area contributed by atoms with Gasteiger partial charge in [-0.05, 0) is 79.8 Å². The molecule has 10 heteroatoms. The predicted octanol–water partition coefficient (Wildman–Crippen LogP) is 6.84. The maximum atomic E-state index is 13.1. The van der Waals surface area contributed by atoms with Crippen molar-refractivity contribution in [3.8, 4) is 17.0 Å². The Morgan fingerprint density at radius 1 is 1.20 bits per heavy atom. The number of benzene rings is 1. The lowest BCUT2D eigenvalue weighted by Crippen LogP contribution is -2.42. The summed E-state index contributed by atoms with van der Waals surface area (Å²) >= 11 is 0. The Labute approximate surface area is 234 Å². The first-order valence-electron chi connectivity index (χ1n) is 13.8. The van der Waals surface area contributed by atoms with Gasteiger partial charge in [0.2, 0.25) is 0 Å². The molecule has 0 atom stereocenters. The molecule has 2 fully saturated rings. The second kappa shape index (κ2) is 9.64. The number of aromatic carboxylic acids is 1. The minimum absolute atomic E-state index is 0.101. The number of ether oxygens (including phenoxy) is 1. The smallest absolute Gasteiger partial charge is 0.387 e. The van der Waals surface area contributed by atoms with Crippen molar-refractivity contribution in [2.24, 2.45) is 5.41 Å². The van der Waals surface area contributed by atoms with E-state index in [0.717, 1.165) is 85.1 Å².